The number of phosphoric ester groups is 3. The van der Waals surface area contributed by atoms with Crippen LogP contribution in [0.15, 0.2) is 12.2 Å². The van der Waals surface area contributed by atoms with E-state index in [2.05, 4.69) is 35.0 Å². The van der Waals surface area contributed by atoms with E-state index in [1.54, 1.807) is 0 Å². The van der Waals surface area contributed by atoms with Crippen molar-refractivity contribution in [3.63, 3.8) is 0 Å². The summed E-state index contributed by atoms with van der Waals surface area (Å²) in [7, 11) is -16.6. The maximum Gasteiger partial charge on any atom is 0.472 e. The average molecular weight is 1050 g/mol. The van der Waals surface area contributed by atoms with Crippen molar-refractivity contribution in [2.24, 2.45) is 0 Å². The molecule has 22 heteroatoms. The van der Waals surface area contributed by atoms with Crippen LogP contribution in [-0.4, -0.2) is 108 Å². The van der Waals surface area contributed by atoms with E-state index in [1.165, 1.54) is 116 Å². The summed E-state index contributed by atoms with van der Waals surface area (Å²) in [5.41, 5.74) is 0. The molecule has 0 aromatic carbocycles. The number of carbonyl (C=O) groups excluding carboxylic acids is 2. The number of rotatable bonds is 45. The van der Waals surface area contributed by atoms with Crippen LogP contribution < -0.4 is 0 Å². The molecule has 1 aliphatic rings. The van der Waals surface area contributed by atoms with Gasteiger partial charge in [-0.2, -0.15) is 0 Å². The Hall–Kier alpha value is -1.11. The molecule has 19 nitrogen and oxygen atoms in total. The first-order chi connectivity index (χ1) is 32.8. The number of allylic oxidation sites excluding steroid dienone is 2. The quantitative estimate of drug-likeness (QED) is 0.0122. The summed E-state index contributed by atoms with van der Waals surface area (Å²) in [6.45, 7) is 2.96. The first-order valence-corrected chi connectivity index (χ1v) is 30.5. The number of hydrogen-bond acceptors (Lipinski definition) is 14. The fraction of sp³-hybridized carbons (Fsp3) is 0.915. The predicted molar refractivity (Wildman–Crippen MR) is 262 cm³/mol. The molecule has 0 amide bonds. The second kappa shape index (κ2) is 39.4. The second-order valence-corrected chi connectivity index (χ2v) is 22.3. The molecule has 0 radical (unpaired) electrons. The molecular weight excluding hydrogens is 961 g/mol. The van der Waals surface area contributed by atoms with Gasteiger partial charge in [0, 0.05) is 12.8 Å². The van der Waals surface area contributed by atoms with Gasteiger partial charge in [-0.05, 0) is 38.5 Å². The van der Waals surface area contributed by atoms with E-state index in [0.717, 1.165) is 64.2 Å². The summed E-state index contributed by atoms with van der Waals surface area (Å²) in [6, 6.07) is 0. The Morgan fingerprint density at radius 1 is 0.449 bits per heavy atom. The smallest absolute Gasteiger partial charge is 0.462 e. The fourth-order valence-electron chi connectivity index (χ4n) is 8.17. The maximum atomic E-state index is 13.1. The number of phosphoric acid groups is 3. The van der Waals surface area contributed by atoms with E-state index in [4.69, 9.17) is 18.5 Å². The average Bonchev–Trinajstić information content (AvgIpc) is 3.28. The zero-order valence-corrected chi connectivity index (χ0v) is 44.3. The van der Waals surface area contributed by atoms with E-state index in [0.29, 0.717) is 12.8 Å². The van der Waals surface area contributed by atoms with Crippen LogP contribution in [0, 0.1) is 0 Å². The van der Waals surface area contributed by atoms with Crippen LogP contribution in [0.3, 0.4) is 0 Å². The molecule has 1 unspecified atom stereocenters. The number of esters is 2. The van der Waals surface area contributed by atoms with Crippen LogP contribution in [0.1, 0.15) is 219 Å². The second-order valence-electron chi connectivity index (χ2n) is 18.5. The summed E-state index contributed by atoms with van der Waals surface area (Å²) in [5, 5.41) is 31.9. The van der Waals surface area contributed by atoms with Gasteiger partial charge in [0.25, 0.3) is 0 Å². The van der Waals surface area contributed by atoms with Crippen LogP contribution in [-0.2, 0) is 50.9 Å². The molecule has 0 aromatic rings. The number of unbranched alkanes of at least 4 members (excludes halogenated alkanes) is 27. The number of aliphatic hydroxyl groups is 3. The van der Waals surface area contributed by atoms with Gasteiger partial charge < -0.3 is 49.3 Å². The summed E-state index contributed by atoms with van der Waals surface area (Å²) in [6.07, 6.45) is 22.1. The molecular formula is C47H91O19P3. The lowest BCUT2D eigenvalue weighted by Crippen LogP contribution is -2.65. The first-order valence-electron chi connectivity index (χ1n) is 26.0. The minimum Gasteiger partial charge on any atom is -0.462 e. The molecule has 0 bridgehead atoms. The maximum absolute atomic E-state index is 13.1. The predicted octanol–water partition coefficient (Wildman–Crippen LogP) is 10.1. The zero-order chi connectivity index (χ0) is 51.4. The molecule has 0 saturated heterocycles. The minimum atomic E-state index is -5.60. The van der Waals surface area contributed by atoms with Gasteiger partial charge in [0.1, 0.15) is 43.2 Å². The SMILES string of the molecule is CCCCC/C=C/CCCCCCCCCCCCC(=O)O[C@H](COC(=O)CCCCCCCCCCCCCCCCC)COP(=O)(O)O[C@@H]1[C@H](O)[C@H](O)[C@@H](OP(=O)(O)O)[C@H](OP(=O)(O)O)[C@H]1O. The Morgan fingerprint density at radius 3 is 1.23 bits per heavy atom. The van der Waals surface area contributed by atoms with Crippen molar-refractivity contribution in [1.29, 1.82) is 0 Å². The van der Waals surface area contributed by atoms with Crippen LogP contribution in [0.5, 0.6) is 0 Å². The Kier molecular flexibility index (Phi) is 37.6. The molecule has 408 valence electrons. The molecule has 8 N–H and O–H groups in total. The van der Waals surface area contributed by atoms with Crippen LogP contribution >= 0.6 is 23.5 Å². The third-order valence-electron chi connectivity index (χ3n) is 12.1. The normalized spacial score (nSPS) is 21.4. The van der Waals surface area contributed by atoms with Gasteiger partial charge in [0.15, 0.2) is 6.10 Å². The van der Waals surface area contributed by atoms with E-state index in [-0.39, 0.29) is 12.8 Å². The standard InChI is InChI=1S/C47H91O19P3/c1-3-5-7-9-11-13-15-17-19-20-22-24-26-28-30-32-34-36-41(49)63-39(37-61-40(48)35-33-31-29-27-25-23-21-18-16-14-12-10-8-6-4-2)38-62-69(59,60)66-45-42(50)43(51)46(64-67(53,54)55)47(44(45)52)65-68(56,57)58/h11,13,39,42-47,50-52H,3-10,12,14-38H2,1-2H3,(H,59,60)(H2,53,54,55)(H2,56,57,58)/b13-11+/t39-,42-,43+,44+,45-,46-,47-/m1/s1. The van der Waals surface area contributed by atoms with Crippen LogP contribution in [0.4, 0.5) is 0 Å². The largest absolute Gasteiger partial charge is 0.472 e. The molecule has 0 heterocycles. The third-order valence-corrected chi connectivity index (χ3v) is 14.1. The number of hydrogen-bond donors (Lipinski definition) is 8. The van der Waals surface area contributed by atoms with Crippen molar-refractivity contribution >= 4 is 35.4 Å². The number of ether oxygens (including phenoxy) is 2. The van der Waals surface area contributed by atoms with Gasteiger partial charge in [-0.25, -0.2) is 13.7 Å². The van der Waals surface area contributed by atoms with E-state index < -0.39 is 91.3 Å². The van der Waals surface area contributed by atoms with Crippen molar-refractivity contribution in [2.75, 3.05) is 13.2 Å². The number of carbonyl (C=O) groups is 2. The van der Waals surface area contributed by atoms with Gasteiger partial charge in [-0.1, -0.05) is 180 Å². The molecule has 0 spiro atoms. The Labute approximate surface area is 412 Å². The zero-order valence-electron chi connectivity index (χ0n) is 41.6. The Balaban J connectivity index is 2.67. The van der Waals surface area contributed by atoms with Crippen molar-refractivity contribution in [1.82, 2.24) is 0 Å². The summed E-state index contributed by atoms with van der Waals surface area (Å²) < 4.78 is 65.6. The van der Waals surface area contributed by atoms with Crippen molar-refractivity contribution in [3.05, 3.63) is 12.2 Å². The highest BCUT2D eigenvalue weighted by atomic mass is 31.2. The highest BCUT2D eigenvalue weighted by Gasteiger charge is 2.56. The number of aliphatic hydroxyl groups excluding tert-OH is 3. The van der Waals surface area contributed by atoms with E-state index >= 15 is 0 Å². The van der Waals surface area contributed by atoms with Crippen LogP contribution in [0.2, 0.25) is 0 Å². The monoisotopic (exact) mass is 1050 g/mol. The molecule has 1 rings (SSSR count). The van der Waals surface area contributed by atoms with Crippen molar-refractivity contribution in [3.8, 4) is 0 Å². The van der Waals surface area contributed by atoms with Crippen molar-refractivity contribution < 1.29 is 90.6 Å². The summed E-state index contributed by atoms with van der Waals surface area (Å²) in [4.78, 5) is 73.4. The molecule has 1 aliphatic carbocycles. The van der Waals surface area contributed by atoms with Gasteiger partial charge in [-0.15, -0.1) is 0 Å². The fourth-order valence-corrected chi connectivity index (χ4v) is 10.3. The molecule has 0 aliphatic heterocycles. The Bertz CT molecular complexity index is 1490. The lowest BCUT2D eigenvalue weighted by Gasteiger charge is -2.44. The van der Waals surface area contributed by atoms with Gasteiger partial charge >= 0.3 is 35.4 Å². The highest BCUT2D eigenvalue weighted by molar-refractivity contribution is 7.47. The highest BCUT2D eigenvalue weighted by Crippen LogP contribution is 2.51. The van der Waals surface area contributed by atoms with Gasteiger partial charge in [0.2, 0.25) is 0 Å². The summed E-state index contributed by atoms with van der Waals surface area (Å²) >= 11 is 0. The van der Waals surface area contributed by atoms with E-state index in [9.17, 15) is 63.1 Å². The topological polar surface area (TPSA) is 303 Å². The molecule has 0 aromatic heterocycles. The lowest BCUT2D eigenvalue weighted by molar-refractivity contribution is -0.213. The first kappa shape index (κ1) is 65.9. The van der Waals surface area contributed by atoms with Crippen LogP contribution in [0.25, 0.3) is 0 Å². The molecule has 1 fully saturated rings. The minimum absolute atomic E-state index is 0.00105. The van der Waals surface area contributed by atoms with E-state index in [1.807, 2.05) is 0 Å². The molecule has 69 heavy (non-hydrogen) atoms. The molecule has 1 saturated carbocycles. The van der Waals surface area contributed by atoms with Gasteiger partial charge in [0.05, 0.1) is 6.61 Å². The third kappa shape index (κ3) is 35.6. The van der Waals surface area contributed by atoms with Crippen molar-refractivity contribution in [2.45, 2.75) is 262 Å². The lowest BCUT2D eigenvalue weighted by atomic mass is 9.85. The Morgan fingerprint density at radius 2 is 0.797 bits per heavy atom. The van der Waals surface area contributed by atoms with Gasteiger partial charge in [-0.3, -0.25) is 27.7 Å². The molecule has 8 atom stereocenters. The summed E-state index contributed by atoms with van der Waals surface area (Å²) in [5.74, 6) is -1.29.